The van der Waals surface area contributed by atoms with Crippen molar-refractivity contribution in [2.45, 2.75) is 20.3 Å². The fourth-order valence-corrected chi connectivity index (χ4v) is 3.19. The smallest absolute Gasteiger partial charge is 0.348 e. The van der Waals surface area contributed by atoms with E-state index in [1.54, 1.807) is 31.2 Å². The summed E-state index contributed by atoms with van der Waals surface area (Å²) in [6.45, 7) is 4.28. The number of hydrogen-bond donors (Lipinski definition) is 1. The van der Waals surface area contributed by atoms with Crippen LogP contribution in [-0.4, -0.2) is 25.6 Å². The van der Waals surface area contributed by atoms with Crippen molar-refractivity contribution in [1.82, 2.24) is 0 Å². The van der Waals surface area contributed by atoms with Crippen LogP contribution in [-0.2, 0) is 4.74 Å². The molecule has 6 nitrogen and oxygen atoms in total. The third-order valence-electron chi connectivity index (χ3n) is 3.45. The lowest BCUT2D eigenvalue weighted by molar-refractivity contribution is 0.0605. The second-order valence-electron chi connectivity index (χ2n) is 5.19. The number of carbonyl (C=O) groups excluding carboxylic acids is 2. The Labute approximate surface area is 150 Å². The van der Waals surface area contributed by atoms with Crippen molar-refractivity contribution in [3.05, 3.63) is 45.8 Å². The number of hydrogen-bond acceptors (Lipinski definition) is 6. The van der Waals surface area contributed by atoms with Crippen molar-refractivity contribution in [3.63, 3.8) is 0 Å². The first-order valence-electron chi connectivity index (χ1n) is 7.67. The van der Waals surface area contributed by atoms with Gasteiger partial charge in [-0.15, -0.1) is 11.3 Å². The van der Waals surface area contributed by atoms with Crippen LogP contribution in [0.25, 0.3) is 0 Å². The molecule has 0 spiro atoms. The second-order valence-corrected chi connectivity index (χ2v) is 6.21. The lowest BCUT2D eigenvalue weighted by atomic mass is 10.1. The Bertz CT molecular complexity index is 819. The normalized spacial score (nSPS) is 10.0. The van der Waals surface area contributed by atoms with E-state index in [0.717, 1.165) is 17.8 Å². The maximum Gasteiger partial charge on any atom is 0.348 e. The number of anilines is 1. The van der Waals surface area contributed by atoms with Gasteiger partial charge in [-0.1, -0.05) is 6.92 Å². The Morgan fingerprint density at radius 1 is 1.28 bits per heavy atom. The molecule has 25 heavy (non-hydrogen) atoms. The van der Waals surface area contributed by atoms with Crippen molar-refractivity contribution >= 4 is 28.2 Å². The van der Waals surface area contributed by atoms with Crippen molar-refractivity contribution in [2.75, 3.05) is 19.0 Å². The minimum Gasteiger partial charge on any atom is -0.494 e. The number of carbonyl (C=O) groups is 2. The lowest BCUT2D eigenvalue weighted by Gasteiger charge is -2.06. The fourth-order valence-electron chi connectivity index (χ4n) is 2.12. The molecular weight excluding hydrogens is 340 g/mol. The van der Waals surface area contributed by atoms with E-state index in [2.05, 4.69) is 5.32 Å². The Morgan fingerprint density at radius 3 is 2.52 bits per heavy atom. The molecule has 0 aliphatic heterocycles. The van der Waals surface area contributed by atoms with Crippen LogP contribution in [0.3, 0.4) is 0 Å². The first-order valence-corrected chi connectivity index (χ1v) is 8.49. The van der Waals surface area contributed by atoms with E-state index in [0.29, 0.717) is 33.4 Å². The number of nitriles is 1. The number of thiophene rings is 1. The first-order chi connectivity index (χ1) is 12.0. The molecule has 0 saturated carbocycles. The summed E-state index contributed by atoms with van der Waals surface area (Å²) in [4.78, 5) is 24.4. The lowest BCUT2D eigenvalue weighted by Crippen LogP contribution is -2.11. The van der Waals surface area contributed by atoms with Crippen LogP contribution < -0.4 is 10.1 Å². The van der Waals surface area contributed by atoms with E-state index in [9.17, 15) is 14.9 Å². The van der Waals surface area contributed by atoms with Gasteiger partial charge in [-0.3, -0.25) is 4.79 Å². The molecule has 130 valence electrons. The summed E-state index contributed by atoms with van der Waals surface area (Å²) in [5.74, 6) is -0.204. The van der Waals surface area contributed by atoms with E-state index in [4.69, 9.17) is 9.47 Å². The summed E-state index contributed by atoms with van der Waals surface area (Å²) in [7, 11) is 1.27. The highest BCUT2D eigenvalue weighted by Crippen LogP contribution is 2.33. The minimum atomic E-state index is -0.531. The molecule has 0 aliphatic carbocycles. The van der Waals surface area contributed by atoms with Crippen molar-refractivity contribution in [3.8, 4) is 11.8 Å². The number of esters is 1. The van der Waals surface area contributed by atoms with Crippen molar-refractivity contribution in [2.24, 2.45) is 0 Å². The zero-order chi connectivity index (χ0) is 18.4. The van der Waals surface area contributed by atoms with Crippen LogP contribution in [0.1, 0.15) is 44.5 Å². The summed E-state index contributed by atoms with van der Waals surface area (Å²) >= 11 is 1.03. The highest BCUT2D eigenvalue weighted by atomic mass is 32.1. The largest absolute Gasteiger partial charge is 0.494 e. The quantitative estimate of drug-likeness (QED) is 0.794. The van der Waals surface area contributed by atoms with Crippen LogP contribution in [0.2, 0.25) is 0 Å². The number of rotatable bonds is 6. The van der Waals surface area contributed by atoms with Gasteiger partial charge < -0.3 is 14.8 Å². The van der Waals surface area contributed by atoms with Crippen LogP contribution in [0.4, 0.5) is 5.00 Å². The topological polar surface area (TPSA) is 88.4 Å². The SMILES string of the molecule is CCCOc1ccc(C(=O)Nc2sc(C(=O)OC)c(C)c2C#N)cc1. The number of ether oxygens (including phenoxy) is 2. The van der Waals surface area contributed by atoms with E-state index in [-0.39, 0.29) is 11.5 Å². The summed E-state index contributed by atoms with van der Waals surface area (Å²) in [6, 6.07) is 8.75. The van der Waals surface area contributed by atoms with Crippen LogP contribution in [0.5, 0.6) is 5.75 Å². The molecule has 0 atom stereocenters. The third-order valence-corrected chi connectivity index (χ3v) is 4.63. The van der Waals surface area contributed by atoms with Crippen LogP contribution in [0, 0.1) is 18.3 Å². The Morgan fingerprint density at radius 2 is 1.96 bits per heavy atom. The molecule has 2 rings (SSSR count). The first kappa shape index (κ1) is 18.5. The van der Waals surface area contributed by atoms with Gasteiger partial charge in [0.15, 0.2) is 0 Å². The van der Waals surface area contributed by atoms with Gasteiger partial charge in [0.25, 0.3) is 5.91 Å². The maximum atomic E-state index is 12.4. The molecule has 0 saturated heterocycles. The molecule has 0 radical (unpaired) electrons. The maximum absolute atomic E-state index is 12.4. The van der Waals surface area contributed by atoms with E-state index in [1.165, 1.54) is 7.11 Å². The van der Waals surface area contributed by atoms with Crippen molar-refractivity contribution < 1.29 is 19.1 Å². The number of methoxy groups -OCH3 is 1. The molecule has 1 heterocycles. The number of amides is 1. The number of benzene rings is 1. The number of nitrogens with zero attached hydrogens (tertiary/aromatic N) is 1. The Hall–Kier alpha value is -2.85. The zero-order valence-electron chi connectivity index (χ0n) is 14.2. The molecular formula is C18H18N2O4S. The van der Waals surface area contributed by atoms with Gasteiger partial charge >= 0.3 is 5.97 Å². The number of nitrogens with one attached hydrogen (secondary N) is 1. The third kappa shape index (κ3) is 4.17. The summed E-state index contributed by atoms with van der Waals surface area (Å²) in [6.07, 6.45) is 0.902. The molecule has 1 aromatic heterocycles. The molecule has 0 aliphatic rings. The molecule has 0 unspecified atom stereocenters. The standard InChI is InChI=1S/C18H18N2O4S/c1-4-9-24-13-7-5-12(6-8-13)16(21)20-17-14(10-19)11(2)15(25-17)18(22)23-3/h5-8H,4,9H2,1-3H3,(H,20,21). The van der Waals surface area contributed by atoms with Crippen LogP contribution >= 0.6 is 11.3 Å². The van der Waals surface area contributed by atoms with Gasteiger partial charge in [0.1, 0.15) is 21.7 Å². The molecule has 0 bridgehead atoms. The van der Waals surface area contributed by atoms with Gasteiger partial charge in [0.2, 0.25) is 0 Å². The Balaban J connectivity index is 2.20. The van der Waals surface area contributed by atoms with Gasteiger partial charge in [0, 0.05) is 5.56 Å². The van der Waals surface area contributed by atoms with E-state index < -0.39 is 5.97 Å². The molecule has 0 fully saturated rings. The molecule has 7 heteroatoms. The summed E-state index contributed by atoms with van der Waals surface area (Å²) in [5.41, 5.74) is 1.19. The van der Waals surface area contributed by atoms with Gasteiger partial charge in [0.05, 0.1) is 19.3 Å². The fraction of sp³-hybridized carbons (Fsp3) is 0.278. The molecule has 1 aromatic carbocycles. The highest BCUT2D eigenvalue weighted by molar-refractivity contribution is 7.18. The zero-order valence-corrected chi connectivity index (χ0v) is 15.0. The predicted molar refractivity (Wildman–Crippen MR) is 95.3 cm³/mol. The highest BCUT2D eigenvalue weighted by Gasteiger charge is 2.22. The average molecular weight is 358 g/mol. The predicted octanol–water partition coefficient (Wildman–Crippen LogP) is 3.76. The van der Waals surface area contributed by atoms with E-state index >= 15 is 0 Å². The van der Waals surface area contributed by atoms with Crippen LogP contribution in [0.15, 0.2) is 24.3 Å². The Kier molecular flexibility index (Phi) is 6.14. The molecule has 1 N–H and O–H groups in total. The van der Waals surface area contributed by atoms with Gasteiger partial charge in [-0.05, 0) is 43.2 Å². The average Bonchev–Trinajstić information content (AvgIpc) is 2.94. The minimum absolute atomic E-state index is 0.265. The summed E-state index contributed by atoms with van der Waals surface area (Å²) in [5, 5.41) is 12.3. The van der Waals surface area contributed by atoms with E-state index in [1.807, 2.05) is 13.0 Å². The second kappa shape index (κ2) is 8.31. The molecule has 2 aromatic rings. The molecule has 1 amide bonds. The summed E-state index contributed by atoms with van der Waals surface area (Å²) < 4.78 is 10.2. The monoisotopic (exact) mass is 358 g/mol. The van der Waals surface area contributed by atoms with Gasteiger partial charge in [-0.2, -0.15) is 5.26 Å². The van der Waals surface area contributed by atoms with Gasteiger partial charge in [-0.25, -0.2) is 4.79 Å². The van der Waals surface area contributed by atoms with Crippen molar-refractivity contribution in [1.29, 1.82) is 5.26 Å².